The van der Waals surface area contributed by atoms with Crippen LogP contribution in [0.15, 0.2) is 109 Å². The molecule has 55 heavy (non-hydrogen) atoms. The zero-order chi connectivity index (χ0) is 40.5. The summed E-state index contributed by atoms with van der Waals surface area (Å²) in [5.41, 5.74) is 8.12. The van der Waals surface area contributed by atoms with E-state index >= 15 is 0 Å². The van der Waals surface area contributed by atoms with Crippen molar-refractivity contribution >= 4 is 46.3 Å². The molecule has 0 spiro atoms. The number of rotatable bonds is 11. The van der Waals surface area contributed by atoms with Crippen molar-refractivity contribution in [2.45, 2.75) is 46.0 Å². The minimum absolute atomic E-state index is 0.0194. The summed E-state index contributed by atoms with van der Waals surface area (Å²) < 4.78 is 0. The molecule has 286 valence electrons. The molecule has 6 nitrogen and oxygen atoms in total. The molecule has 2 N–H and O–H groups in total. The van der Waals surface area contributed by atoms with E-state index in [1.165, 1.54) is 11.1 Å². The van der Waals surface area contributed by atoms with Gasteiger partial charge in [0.2, 0.25) is 0 Å². The molecule has 0 saturated heterocycles. The fourth-order valence-electron chi connectivity index (χ4n) is 5.11. The van der Waals surface area contributed by atoms with E-state index in [1.54, 1.807) is 23.9 Å². The van der Waals surface area contributed by atoms with Gasteiger partial charge in [-0.1, -0.05) is 142 Å². The number of hydrogen-bond donors (Lipinski definition) is 2. The Morgan fingerprint density at radius 3 is 1.33 bits per heavy atom. The third-order valence-electron chi connectivity index (χ3n) is 8.35. The van der Waals surface area contributed by atoms with Gasteiger partial charge in [-0.05, 0) is 96.2 Å². The molecule has 4 aromatic rings. The van der Waals surface area contributed by atoms with E-state index in [0.717, 1.165) is 33.4 Å². The Labute approximate surface area is 337 Å². The second-order valence-electron chi connectivity index (χ2n) is 14.5. The van der Waals surface area contributed by atoms with Crippen LogP contribution in [0.4, 0.5) is 0 Å². The van der Waals surface area contributed by atoms with Gasteiger partial charge in [-0.3, -0.25) is 19.4 Å². The highest BCUT2D eigenvalue weighted by molar-refractivity contribution is 6.30. The van der Waals surface area contributed by atoms with Gasteiger partial charge >= 0.3 is 11.9 Å². The monoisotopic (exact) mass is 776 g/mol. The van der Waals surface area contributed by atoms with Crippen molar-refractivity contribution in [2.75, 3.05) is 40.3 Å². The van der Waals surface area contributed by atoms with Crippen molar-refractivity contribution in [3.63, 3.8) is 0 Å². The molecule has 0 aliphatic carbocycles. The maximum absolute atomic E-state index is 10.9. The van der Waals surface area contributed by atoms with E-state index in [-0.39, 0.29) is 18.5 Å². The van der Waals surface area contributed by atoms with Gasteiger partial charge in [0.25, 0.3) is 0 Å². The fraction of sp³-hybridized carbons (Fsp3) is 0.277. The summed E-state index contributed by atoms with van der Waals surface area (Å²) in [6.45, 7) is 11.8. The first kappa shape index (κ1) is 44.3. The number of allylic oxidation sites excluding steroid dienone is 2. The quantitative estimate of drug-likeness (QED) is 0.148. The van der Waals surface area contributed by atoms with E-state index in [1.807, 2.05) is 84.9 Å². The molecule has 0 aliphatic rings. The normalized spacial score (nSPS) is 11.6. The van der Waals surface area contributed by atoms with Crippen molar-refractivity contribution in [1.29, 1.82) is 0 Å². The third kappa shape index (κ3) is 16.4. The van der Waals surface area contributed by atoms with Gasteiger partial charge in [-0.25, -0.2) is 0 Å². The predicted octanol–water partition coefficient (Wildman–Crippen LogP) is 10.0. The zero-order valence-electron chi connectivity index (χ0n) is 32.7. The Bertz CT molecular complexity index is 2050. The molecule has 0 aliphatic heterocycles. The Balaban J connectivity index is 0.000000296. The number of nitrogens with zero attached hydrogens (tertiary/aromatic N) is 2. The largest absolute Gasteiger partial charge is 0.480 e. The first-order valence-electron chi connectivity index (χ1n) is 18.0. The molecule has 0 amide bonds. The van der Waals surface area contributed by atoms with Crippen LogP contribution in [0.25, 0.3) is 11.1 Å². The number of carboxylic acid groups (broad SMARTS) is 2. The first-order chi connectivity index (χ1) is 26.0. The molecule has 0 heterocycles. The second kappa shape index (κ2) is 21.7. The van der Waals surface area contributed by atoms with Crippen molar-refractivity contribution in [3.8, 4) is 23.7 Å². The molecule has 0 bridgehead atoms. The Hall–Kier alpha value is -5.08. The summed E-state index contributed by atoms with van der Waals surface area (Å²) in [6, 6.07) is 31.5. The third-order valence-corrected chi connectivity index (χ3v) is 8.85. The molecular formula is C47H50Cl2N2O4. The summed E-state index contributed by atoms with van der Waals surface area (Å²) in [5, 5.41) is 19.2. The minimum atomic E-state index is -0.853. The van der Waals surface area contributed by atoms with Crippen LogP contribution in [0.3, 0.4) is 0 Å². The number of carbonyl (C=O) groups is 2. The van der Waals surface area contributed by atoms with E-state index < -0.39 is 11.9 Å². The predicted molar refractivity (Wildman–Crippen MR) is 229 cm³/mol. The molecule has 0 aromatic heterocycles. The van der Waals surface area contributed by atoms with Gasteiger partial charge < -0.3 is 10.2 Å². The standard InChI is InChI=1S/C24H26ClNO2.C23H24ClNO2/c1-24(2,3)21-11-6-18(7-12-21)5-8-20(15-16-26(4)17-23(27)28)19-9-13-22(25)14-10-19;1-17(2)19-7-4-18(5-8-19)6-9-21(14-15-25(3)16-23(26)27)20-10-12-22(24)13-11-20/h6-7,9-15H,16-17H2,1-4H3,(H,27,28);4-5,7-8,10-14,17H,15-16H2,1-3H3,(H,26,27). The molecule has 0 saturated carbocycles. The van der Waals surface area contributed by atoms with Crippen LogP contribution in [0.5, 0.6) is 0 Å². The van der Waals surface area contributed by atoms with Gasteiger partial charge in [-0.15, -0.1) is 0 Å². The molecule has 0 unspecified atom stereocenters. The number of likely N-dealkylation sites (N-methyl/N-ethyl adjacent to an activating group) is 2. The van der Waals surface area contributed by atoms with E-state index in [4.69, 9.17) is 33.4 Å². The first-order valence-corrected chi connectivity index (χ1v) is 18.7. The average molecular weight is 778 g/mol. The minimum Gasteiger partial charge on any atom is -0.480 e. The summed E-state index contributed by atoms with van der Waals surface area (Å²) in [5.74, 6) is 11.7. The van der Waals surface area contributed by atoms with Crippen molar-refractivity contribution in [3.05, 3.63) is 153 Å². The maximum atomic E-state index is 10.9. The maximum Gasteiger partial charge on any atom is 0.317 e. The van der Waals surface area contributed by atoms with E-state index in [2.05, 4.69) is 82.6 Å². The van der Waals surface area contributed by atoms with Gasteiger partial charge in [0.05, 0.1) is 13.1 Å². The molecule has 4 rings (SSSR count). The summed E-state index contributed by atoms with van der Waals surface area (Å²) >= 11 is 12.0. The van der Waals surface area contributed by atoms with Crippen LogP contribution < -0.4 is 0 Å². The fourth-order valence-corrected chi connectivity index (χ4v) is 5.36. The van der Waals surface area contributed by atoms with Gasteiger partial charge in [0.1, 0.15) is 0 Å². The van der Waals surface area contributed by atoms with Crippen LogP contribution in [0, 0.1) is 23.7 Å². The topological polar surface area (TPSA) is 81.1 Å². The number of aliphatic carboxylic acids is 2. The lowest BCUT2D eigenvalue weighted by Gasteiger charge is -2.18. The number of benzene rings is 4. The van der Waals surface area contributed by atoms with Crippen LogP contribution in [-0.4, -0.2) is 72.2 Å². The molecule has 8 heteroatoms. The van der Waals surface area contributed by atoms with Gasteiger partial charge in [0.15, 0.2) is 0 Å². The smallest absolute Gasteiger partial charge is 0.317 e. The van der Waals surface area contributed by atoms with E-state index in [0.29, 0.717) is 29.1 Å². The van der Waals surface area contributed by atoms with Gasteiger partial charge in [0, 0.05) is 45.4 Å². The molecular weight excluding hydrogens is 727 g/mol. The van der Waals surface area contributed by atoms with Crippen LogP contribution in [-0.2, 0) is 15.0 Å². The van der Waals surface area contributed by atoms with Crippen molar-refractivity contribution < 1.29 is 19.8 Å². The Morgan fingerprint density at radius 1 is 0.636 bits per heavy atom. The number of hydrogen-bond acceptors (Lipinski definition) is 4. The van der Waals surface area contributed by atoms with Crippen molar-refractivity contribution in [1.82, 2.24) is 9.80 Å². The lowest BCUT2D eigenvalue weighted by Crippen LogP contribution is -2.25. The second-order valence-corrected chi connectivity index (χ2v) is 15.4. The molecule has 0 atom stereocenters. The van der Waals surface area contributed by atoms with Crippen LogP contribution in [0.1, 0.15) is 73.9 Å². The van der Waals surface area contributed by atoms with Crippen molar-refractivity contribution in [2.24, 2.45) is 0 Å². The molecule has 0 fully saturated rings. The highest BCUT2D eigenvalue weighted by atomic mass is 35.5. The van der Waals surface area contributed by atoms with Gasteiger partial charge in [-0.2, -0.15) is 0 Å². The zero-order valence-corrected chi connectivity index (χ0v) is 34.2. The summed E-state index contributed by atoms with van der Waals surface area (Å²) in [6.07, 6.45) is 3.89. The lowest BCUT2D eigenvalue weighted by atomic mass is 9.87. The lowest BCUT2D eigenvalue weighted by molar-refractivity contribution is -0.138. The summed E-state index contributed by atoms with van der Waals surface area (Å²) in [4.78, 5) is 25.1. The van der Waals surface area contributed by atoms with Crippen LogP contribution in [0.2, 0.25) is 10.0 Å². The summed E-state index contributed by atoms with van der Waals surface area (Å²) in [7, 11) is 3.53. The molecule has 0 radical (unpaired) electrons. The highest BCUT2D eigenvalue weighted by Crippen LogP contribution is 2.23. The number of halogens is 2. The van der Waals surface area contributed by atoms with E-state index in [9.17, 15) is 9.59 Å². The Kier molecular flexibility index (Phi) is 17.5. The number of carboxylic acids is 2. The Morgan fingerprint density at radius 2 is 1.00 bits per heavy atom. The highest BCUT2D eigenvalue weighted by Gasteiger charge is 2.12. The van der Waals surface area contributed by atoms with Crippen LogP contribution >= 0.6 is 23.2 Å². The average Bonchev–Trinajstić information content (AvgIpc) is 3.12. The SMILES string of the molecule is CC(C)c1ccc(C#CC(=CCN(C)CC(=O)O)c2ccc(Cl)cc2)cc1.CN(CC=C(C#Cc1ccc(C(C)(C)C)cc1)c1ccc(Cl)cc1)CC(=O)O. The molecule has 4 aromatic carbocycles.